The number of aromatic nitrogens is 2. The van der Waals surface area contributed by atoms with Crippen LogP contribution in [0.3, 0.4) is 0 Å². The van der Waals surface area contributed by atoms with E-state index in [1.54, 1.807) is 0 Å². The monoisotopic (exact) mass is 307 g/mol. The molecule has 1 amide bonds. The average Bonchev–Trinajstić information content (AvgIpc) is 2.61. The minimum Gasteiger partial charge on any atom is -0.481 e. The molecule has 0 spiro atoms. The van der Waals surface area contributed by atoms with E-state index in [4.69, 9.17) is 4.74 Å². The molecule has 116 valence electrons. The molecule has 0 atom stereocenters. The quantitative estimate of drug-likeness (QED) is 0.759. The normalized spacial score (nSPS) is 10.4. The van der Waals surface area contributed by atoms with Crippen molar-refractivity contribution in [3.63, 3.8) is 0 Å². The summed E-state index contributed by atoms with van der Waals surface area (Å²) in [5, 5.41) is 11.6. The van der Waals surface area contributed by atoms with Crippen LogP contribution in [0.15, 0.2) is 60.8 Å². The van der Waals surface area contributed by atoms with Crippen LogP contribution in [-0.2, 0) is 11.2 Å². The van der Waals surface area contributed by atoms with E-state index in [1.165, 1.54) is 11.8 Å². The molecule has 1 N–H and O–H groups in total. The summed E-state index contributed by atoms with van der Waals surface area (Å²) >= 11 is 0. The molecule has 0 saturated heterocycles. The molecule has 0 bridgehead atoms. The third-order valence-corrected chi connectivity index (χ3v) is 3.45. The third-order valence-electron chi connectivity index (χ3n) is 3.45. The van der Waals surface area contributed by atoms with Crippen LogP contribution in [0.2, 0.25) is 0 Å². The van der Waals surface area contributed by atoms with Crippen molar-refractivity contribution >= 4 is 16.8 Å². The second-order valence-corrected chi connectivity index (χ2v) is 5.10. The fourth-order valence-corrected chi connectivity index (χ4v) is 2.28. The van der Waals surface area contributed by atoms with Gasteiger partial charge in [0.15, 0.2) is 6.61 Å². The highest BCUT2D eigenvalue weighted by Gasteiger charge is 2.06. The number of carbonyl (C=O) groups excluding carboxylic acids is 1. The molecule has 0 aliphatic heterocycles. The van der Waals surface area contributed by atoms with Crippen molar-refractivity contribution in [1.29, 1.82) is 0 Å². The fraction of sp³-hybridized carbons (Fsp3) is 0.167. The topological polar surface area (TPSA) is 64.1 Å². The van der Waals surface area contributed by atoms with Crippen molar-refractivity contribution in [1.82, 2.24) is 15.5 Å². The van der Waals surface area contributed by atoms with Crippen LogP contribution in [-0.4, -0.2) is 29.3 Å². The van der Waals surface area contributed by atoms with Crippen molar-refractivity contribution in [2.24, 2.45) is 0 Å². The third kappa shape index (κ3) is 4.03. The Kier molecular flexibility index (Phi) is 4.79. The van der Waals surface area contributed by atoms with Crippen LogP contribution in [0.5, 0.6) is 5.75 Å². The van der Waals surface area contributed by atoms with Gasteiger partial charge in [-0.15, -0.1) is 0 Å². The number of nitrogens with zero attached hydrogens (tertiary/aromatic N) is 2. The van der Waals surface area contributed by atoms with E-state index in [2.05, 4.69) is 15.5 Å². The molecular weight excluding hydrogens is 290 g/mol. The molecule has 0 aliphatic rings. The lowest BCUT2D eigenvalue weighted by atomic mass is 10.1. The van der Waals surface area contributed by atoms with Gasteiger partial charge in [-0.1, -0.05) is 42.5 Å². The Hall–Kier alpha value is -2.95. The molecular formula is C18H17N3O2. The number of benzene rings is 2. The maximum absolute atomic E-state index is 11.9. The van der Waals surface area contributed by atoms with Gasteiger partial charge in [-0.3, -0.25) is 4.79 Å². The van der Waals surface area contributed by atoms with Gasteiger partial charge in [-0.25, -0.2) is 0 Å². The number of ether oxygens (including phenoxy) is 1. The Morgan fingerprint density at radius 2 is 1.83 bits per heavy atom. The Bertz CT molecular complexity index is 785. The lowest BCUT2D eigenvalue weighted by Crippen LogP contribution is -2.30. The zero-order valence-electron chi connectivity index (χ0n) is 12.6. The standard InChI is InChI=1S/C18H17N3O2/c22-18(19-11-10-14-6-2-1-3-7-14)13-23-17-12-20-21-16-9-5-4-8-15(16)17/h1-9,12H,10-11,13H2,(H,19,22). The summed E-state index contributed by atoms with van der Waals surface area (Å²) in [7, 11) is 0. The van der Waals surface area contributed by atoms with Crippen LogP contribution in [0.25, 0.3) is 10.9 Å². The number of fused-ring (bicyclic) bond motifs is 1. The highest BCUT2D eigenvalue weighted by atomic mass is 16.5. The molecule has 0 unspecified atom stereocenters. The van der Waals surface area contributed by atoms with Crippen molar-refractivity contribution in [2.45, 2.75) is 6.42 Å². The summed E-state index contributed by atoms with van der Waals surface area (Å²) in [5.74, 6) is 0.413. The van der Waals surface area contributed by atoms with Gasteiger partial charge >= 0.3 is 0 Å². The maximum atomic E-state index is 11.9. The van der Waals surface area contributed by atoms with Gasteiger partial charge in [0.05, 0.1) is 11.7 Å². The van der Waals surface area contributed by atoms with E-state index in [9.17, 15) is 4.79 Å². The average molecular weight is 307 g/mol. The fourth-order valence-electron chi connectivity index (χ4n) is 2.28. The van der Waals surface area contributed by atoms with Crippen molar-refractivity contribution < 1.29 is 9.53 Å². The first-order chi connectivity index (χ1) is 11.3. The van der Waals surface area contributed by atoms with E-state index in [0.29, 0.717) is 12.3 Å². The first-order valence-corrected chi connectivity index (χ1v) is 7.47. The summed E-state index contributed by atoms with van der Waals surface area (Å²) in [6.07, 6.45) is 2.33. The van der Waals surface area contributed by atoms with E-state index in [-0.39, 0.29) is 12.5 Å². The molecule has 3 rings (SSSR count). The Morgan fingerprint density at radius 3 is 2.70 bits per heavy atom. The minimum atomic E-state index is -0.151. The van der Waals surface area contributed by atoms with E-state index < -0.39 is 0 Å². The Labute approximate surface area is 134 Å². The minimum absolute atomic E-state index is 0.0372. The number of hydrogen-bond donors (Lipinski definition) is 1. The molecule has 0 saturated carbocycles. The Balaban J connectivity index is 1.50. The van der Waals surface area contributed by atoms with Crippen LogP contribution >= 0.6 is 0 Å². The van der Waals surface area contributed by atoms with E-state index in [1.807, 2.05) is 54.6 Å². The van der Waals surface area contributed by atoms with Crippen molar-refractivity contribution in [3.05, 3.63) is 66.4 Å². The smallest absolute Gasteiger partial charge is 0.257 e. The molecule has 0 fully saturated rings. The van der Waals surface area contributed by atoms with Gasteiger partial charge in [0, 0.05) is 11.9 Å². The van der Waals surface area contributed by atoms with Gasteiger partial charge < -0.3 is 10.1 Å². The lowest BCUT2D eigenvalue weighted by Gasteiger charge is -2.09. The number of amides is 1. The summed E-state index contributed by atoms with van der Waals surface area (Å²) in [6, 6.07) is 17.6. The van der Waals surface area contributed by atoms with Gasteiger partial charge in [0.2, 0.25) is 0 Å². The highest BCUT2D eigenvalue weighted by molar-refractivity contribution is 5.84. The van der Waals surface area contributed by atoms with Crippen molar-refractivity contribution in [3.8, 4) is 5.75 Å². The lowest BCUT2D eigenvalue weighted by molar-refractivity contribution is -0.123. The SMILES string of the molecule is O=C(COc1cnnc2ccccc12)NCCc1ccccc1. The number of carbonyl (C=O) groups is 1. The number of hydrogen-bond acceptors (Lipinski definition) is 4. The zero-order chi connectivity index (χ0) is 15.9. The largest absolute Gasteiger partial charge is 0.481 e. The molecule has 23 heavy (non-hydrogen) atoms. The predicted molar refractivity (Wildman–Crippen MR) is 88.2 cm³/mol. The Morgan fingerprint density at radius 1 is 1.04 bits per heavy atom. The van der Waals surface area contributed by atoms with E-state index in [0.717, 1.165) is 17.3 Å². The molecule has 0 aliphatic carbocycles. The summed E-state index contributed by atoms with van der Waals surface area (Å²) < 4.78 is 5.57. The van der Waals surface area contributed by atoms with Gasteiger partial charge in [-0.2, -0.15) is 10.2 Å². The van der Waals surface area contributed by atoms with Gasteiger partial charge in [0.25, 0.3) is 5.91 Å². The molecule has 1 aromatic heterocycles. The maximum Gasteiger partial charge on any atom is 0.257 e. The second-order valence-electron chi connectivity index (χ2n) is 5.10. The van der Waals surface area contributed by atoms with Crippen LogP contribution in [0.4, 0.5) is 0 Å². The molecule has 3 aromatic rings. The first kappa shape index (κ1) is 15.0. The first-order valence-electron chi connectivity index (χ1n) is 7.47. The van der Waals surface area contributed by atoms with Gasteiger partial charge in [-0.05, 0) is 24.1 Å². The molecule has 5 heteroatoms. The molecule has 1 heterocycles. The zero-order valence-corrected chi connectivity index (χ0v) is 12.6. The predicted octanol–water partition coefficient (Wildman–Crippen LogP) is 2.37. The molecule has 2 aromatic carbocycles. The molecule has 0 radical (unpaired) electrons. The number of nitrogens with one attached hydrogen (secondary N) is 1. The second kappa shape index (κ2) is 7.35. The summed E-state index contributed by atoms with van der Waals surface area (Å²) in [6.45, 7) is 0.548. The van der Waals surface area contributed by atoms with Crippen molar-refractivity contribution in [2.75, 3.05) is 13.2 Å². The van der Waals surface area contributed by atoms with Crippen LogP contribution in [0.1, 0.15) is 5.56 Å². The summed E-state index contributed by atoms with van der Waals surface area (Å²) in [5.41, 5.74) is 1.94. The van der Waals surface area contributed by atoms with Gasteiger partial charge in [0.1, 0.15) is 5.75 Å². The van der Waals surface area contributed by atoms with Crippen LogP contribution < -0.4 is 10.1 Å². The van der Waals surface area contributed by atoms with E-state index >= 15 is 0 Å². The highest BCUT2D eigenvalue weighted by Crippen LogP contribution is 2.21. The van der Waals surface area contributed by atoms with Crippen LogP contribution in [0, 0.1) is 0 Å². The summed E-state index contributed by atoms with van der Waals surface area (Å²) in [4.78, 5) is 11.9. The number of rotatable bonds is 6. The molecule has 5 nitrogen and oxygen atoms in total.